The Labute approximate surface area is 130 Å². The third-order valence-electron chi connectivity index (χ3n) is 3.31. The molecule has 0 spiro atoms. The van der Waals surface area contributed by atoms with E-state index < -0.39 is 5.91 Å². The summed E-state index contributed by atoms with van der Waals surface area (Å²) in [5, 5.41) is 18.2. The van der Waals surface area contributed by atoms with Gasteiger partial charge in [0, 0.05) is 30.3 Å². The molecule has 0 saturated carbocycles. The van der Waals surface area contributed by atoms with Crippen molar-refractivity contribution >= 4 is 28.4 Å². The summed E-state index contributed by atoms with van der Waals surface area (Å²) < 4.78 is 1.13. The van der Waals surface area contributed by atoms with Crippen molar-refractivity contribution in [3.8, 4) is 5.88 Å². The number of rotatable bonds is 2. The molecule has 0 fully saturated rings. The van der Waals surface area contributed by atoms with E-state index in [1.54, 1.807) is 24.3 Å². The number of azo groups is 1. The molecule has 1 amide bonds. The summed E-state index contributed by atoms with van der Waals surface area (Å²) in [4.78, 5) is 27.5. The van der Waals surface area contributed by atoms with Crippen LogP contribution in [0.25, 0.3) is 10.9 Å². The van der Waals surface area contributed by atoms with Gasteiger partial charge < -0.3 is 5.11 Å². The van der Waals surface area contributed by atoms with Gasteiger partial charge in [0.05, 0.1) is 5.52 Å². The molecule has 3 rings (SSSR count). The minimum atomic E-state index is -0.563. The highest BCUT2D eigenvalue weighted by Gasteiger charge is 2.19. The normalized spacial score (nSPS) is 11.2. The Balaban J connectivity index is 2.07. The van der Waals surface area contributed by atoms with E-state index in [2.05, 4.69) is 15.2 Å². The Kier molecular flexibility index (Phi) is 3.68. The number of hydrogen-bond donors (Lipinski definition) is 1. The molecule has 0 aliphatic carbocycles. The van der Waals surface area contributed by atoms with Gasteiger partial charge in [-0.2, -0.15) is 0 Å². The molecular weight excluding hydrogens is 296 g/mol. The number of carbonyl (C=O) groups excluding carboxylic acids is 2. The number of pyridine rings is 1. The Morgan fingerprint density at radius 1 is 1.13 bits per heavy atom. The van der Waals surface area contributed by atoms with Gasteiger partial charge in [0.1, 0.15) is 0 Å². The summed E-state index contributed by atoms with van der Waals surface area (Å²) in [6.45, 7) is 1.33. The van der Waals surface area contributed by atoms with Crippen molar-refractivity contribution in [1.82, 2.24) is 9.55 Å². The molecular formula is C16H12N4O3. The molecule has 0 radical (unpaired) electrons. The molecule has 1 N–H and O–H groups in total. The van der Waals surface area contributed by atoms with Gasteiger partial charge in [-0.25, -0.2) is 4.57 Å². The van der Waals surface area contributed by atoms with E-state index in [1.165, 1.54) is 31.5 Å². The standard InChI is InChI=1S/C16H12N4O3/c1-10(21)20-13-5-3-2-4-12(13)14(16(20)23)18-19-15(22)11-6-8-17-9-7-11/h2-9,23H,1H3. The van der Waals surface area contributed by atoms with Gasteiger partial charge in [-0.1, -0.05) is 18.2 Å². The monoisotopic (exact) mass is 308 g/mol. The number of aromatic nitrogens is 2. The summed E-state index contributed by atoms with van der Waals surface area (Å²) in [6.07, 6.45) is 2.95. The molecule has 2 aromatic heterocycles. The van der Waals surface area contributed by atoms with E-state index in [-0.39, 0.29) is 17.5 Å². The predicted octanol–water partition coefficient (Wildman–Crippen LogP) is 3.33. The van der Waals surface area contributed by atoms with Crippen molar-refractivity contribution < 1.29 is 14.7 Å². The van der Waals surface area contributed by atoms with Gasteiger partial charge >= 0.3 is 0 Å². The number of fused-ring (bicyclic) bond motifs is 1. The van der Waals surface area contributed by atoms with Crippen LogP contribution in [0.3, 0.4) is 0 Å². The molecule has 0 saturated heterocycles. The third kappa shape index (κ3) is 2.59. The number of carbonyl (C=O) groups is 2. The fourth-order valence-corrected chi connectivity index (χ4v) is 2.27. The van der Waals surface area contributed by atoms with E-state index >= 15 is 0 Å². The lowest BCUT2D eigenvalue weighted by atomic mass is 10.2. The van der Waals surface area contributed by atoms with Crippen LogP contribution in [0, 0.1) is 0 Å². The van der Waals surface area contributed by atoms with Crippen LogP contribution in [-0.2, 0) is 0 Å². The maximum Gasteiger partial charge on any atom is 0.295 e. The third-order valence-corrected chi connectivity index (χ3v) is 3.31. The molecule has 0 unspecified atom stereocenters. The van der Waals surface area contributed by atoms with Crippen molar-refractivity contribution in [3.05, 3.63) is 54.4 Å². The number of aromatic hydroxyl groups is 1. The highest BCUT2D eigenvalue weighted by Crippen LogP contribution is 2.38. The number of amides is 1. The van der Waals surface area contributed by atoms with Crippen LogP contribution in [-0.4, -0.2) is 26.5 Å². The number of para-hydroxylation sites is 1. The minimum absolute atomic E-state index is 0.0817. The summed E-state index contributed by atoms with van der Waals surface area (Å²) in [7, 11) is 0. The van der Waals surface area contributed by atoms with Crippen LogP contribution >= 0.6 is 0 Å². The molecule has 3 aromatic rings. The fraction of sp³-hybridized carbons (Fsp3) is 0.0625. The molecule has 0 atom stereocenters. The lowest BCUT2D eigenvalue weighted by Gasteiger charge is -1.99. The van der Waals surface area contributed by atoms with Gasteiger partial charge in [-0.15, -0.1) is 10.2 Å². The van der Waals surface area contributed by atoms with Crippen molar-refractivity contribution in [2.45, 2.75) is 6.92 Å². The predicted molar refractivity (Wildman–Crippen MR) is 83.0 cm³/mol. The zero-order valence-electron chi connectivity index (χ0n) is 12.2. The molecule has 7 heteroatoms. The van der Waals surface area contributed by atoms with E-state index in [0.717, 1.165) is 4.57 Å². The molecule has 2 heterocycles. The molecule has 23 heavy (non-hydrogen) atoms. The first kappa shape index (κ1) is 14.6. The summed E-state index contributed by atoms with van der Waals surface area (Å²) in [6, 6.07) is 9.89. The van der Waals surface area contributed by atoms with Gasteiger partial charge in [-0.3, -0.25) is 14.6 Å². The van der Waals surface area contributed by atoms with Gasteiger partial charge in [0.25, 0.3) is 5.91 Å². The Hall–Kier alpha value is -3.35. The summed E-state index contributed by atoms with van der Waals surface area (Å²) in [5.74, 6) is -1.27. The van der Waals surface area contributed by atoms with Crippen molar-refractivity contribution in [1.29, 1.82) is 0 Å². The van der Waals surface area contributed by atoms with E-state index in [9.17, 15) is 14.7 Å². The van der Waals surface area contributed by atoms with Crippen LogP contribution in [0.1, 0.15) is 22.1 Å². The molecule has 7 nitrogen and oxygen atoms in total. The van der Waals surface area contributed by atoms with Gasteiger partial charge in [0.15, 0.2) is 5.69 Å². The lowest BCUT2D eigenvalue weighted by Crippen LogP contribution is -2.03. The first-order valence-corrected chi connectivity index (χ1v) is 6.79. The van der Waals surface area contributed by atoms with Crippen LogP contribution in [0.2, 0.25) is 0 Å². The quantitative estimate of drug-likeness (QED) is 0.734. The van der Waals surface area contributed by atoms with Gasteiger partial charge in [-0.05, 0) is 18.2 Å². The molecule has 0 aliphatic heterocycles. The molecule has 1 aromatic carbocycles. The van der Waals surface area contributed by atoms with E-state index in [4.69, 9.17) is 0 Å². The van der Waals surface area contributed by atoms with E-state index in [0.29, 0.717) is 16.5 Å². The maximum absolute atomic E-state index is 12.0. The second-order valence-corrected chi connectivity index (χ2v) is 4.78. The topological polar surface area (TPSA) is 96.9 Å². The zero-order chi connectivity index (χ0) is 16.4. The second-order valence-electron chi connectivity index (χ2n) is 4.78. The highest BCUT2D eigenvalue weighted by molar-refractivity contribution is 6.02. The van der Waals surface area contributed by atoms with Crippen molar-refractivity contribution in [2.75, 3.05) is 0 Å². The molecule has 0 aliphatic rings. The van der Waals surface area contributed by atoms with Crippen LogP contribution in [0.5, 0.6) is 5.88 Å². The molecule has 114 valence electrons. The van der Waals surface area contributed by atoms with Crippen molar-refractivity contribution in [2.24, 2.45) is 10.2 Å². The Morgan fingerprint density at radius 3 is 2.52 bits per heavy atom. The summed E-state index contributed by atoms with van der Waals surface area (Å²) in [5.41, 5.74) is 0.916. The smallest absolute Gasteiger partial charge is 0.295 e. The van der Waals surface area contributed by atoms with Crippen LogP contribution in [0.15, 0.2) is 59.0 Å². The highest BCUT2D eigenvalue weighted by atomic mass is 16.3. The van der Waals surface area contributed by atoms with Gasteiger partial charge in [0.2, 0.25) is 11.8 Å². The number of benzene rings is 1. The number of nitrogens with zero attached hydrogens (tertiary/aromatic N) is 4. The first-order chi connectivity index (χ1) is 11.1. The first-order valence-electron chi connectivity index (χ1n) is 6.79. The minimum Gasteiger partial charge on any atom is -0.493 e. The molecule has 0 bridgehead atoms. The Morgan fingerprint density at radius 2 is 1.83 bits per heavy atom. The maximum atomic E-state index is 12.0. The zero-order valence-corrected chi connectivity index (χ0v) is 12.2. The second kappa shape index (κ2) is 5.80. The van der Waals surface area contributed by atoms with Crippen LogP contribution < -0.4 is 0 Å². The van der Waals surface area contributed by atoms with Crippen molar-refractivity contribution in [3.63, 3.8) is 0 Å². The SMILES string of the molecule is CC(=O)n1c(O)c(N=NC(=O)c2ccncc2)c2ccccc21. The average molecular weight is 308 g/mol. The Bertz CT molecular complexity index is 929. The number of hydrogen-bond acceptors (Lipinski definition) is 5. The largest absolute Gasteiger partial charge is 0.493 e. The van der Waals surface area contributed by atoms with Crippen LogP contribution in [0.4, 0.5) is 5.69 Å². The summed E-state index contributed by atoms with van der Waals surface area (Å²) >= 11 is 0. The average Bonchev–Trinajstić information content (AvgIpc) is 2.85. The fourth-order valence-electron chi connectivity index (χ4n) is 2.27. The lowest BCUT2D eigenvalue weighted by molar-refractivity contribution is 0.0932. The van der Waals surface area contributed by atoms with E-state index in [1.807, 2.05) is 0 Å².